The van der Waals surface area contributed by atoms with Crippen molar-refractivity contribution in [1.29, 1.82) is 0 Å². The maximum atomic E-state index is 13.0. The average Bonchev–Trinajstić information content (AvgIpc) is 2.11. The zero-order valence-corrected chi connectivity index (χ0v) is 8.00. The van der Waals surface area contributed by atoms with E-state index in [1.807, 2.05) is 0 Å². The summed E-state index contributed by atoms with van der Waals surface area (Å²) < 4.78 is 128. The van der Waals surface area contributed by atoms with E-state index in [4.69, 9.17) is 0 Å². The van der Waals surface area contributed by atoms with Crippen LogP contribution < -0.4 is 0 Å². The lowest BCUT2D eigenvalue weighted by atomic mass is 10.1. The molecule has 2 atom stereocenters. The van der Waals surface area contributed by atoms with Crippen LogP contribution in [-0.4, -0.2) is 36.1 Å². The zero-order valence-electron chi connectivity index (χ0n) is 8.00. The monoisotopic (exact) mass is 310 g/mol. The first-order chi connectivity index (χ1) is 8.11. The Hall–Kier alpha value is -1.11. The molecular formula is C6F10O3. The van der Waals surface area contributed by atoms with Gasteiger partial charge in [0.15, 0.2) is 0 Å². The van der Waals surface area contributed by atoms with Crippen molar-refractivity contribution in [2.45, 2.75) is 30.1 Å². The third-order valence-electron chi connectivity index (χ3n) is 1.90. The molecule has 0 N–H and O–H groups in total. The molecule has 19 heavy (non-hydrogen) atoms. The van der Waals surface area contributed by atoms with Gasteiger partial charge in [-0.3, -0.25) is 9.53 Å². The van der Waals surface area contributed by atoms with Gasteiger partial charge in [-0.1, -0.05) is 0 Å². The van der Waals surface area contributed by atoms with Crippen molar-refractivity contribution in [1.82, 2.24) is 0 Å². The Morgan fingerprint density at radius 1 is 0.895 bits per heavy atom. The second-order valence-corrected chi connectivity index (χ2v) is 3.20. The molecule has 1 aliphatic heterocycles. The fourth-order valence-electron chi connectivity index (χ4n) is 0.998. The van der Waals surface area contributed by atoms with Gasteiger partial charge in [-0.05, 0) is 0 Å². The van der Waals surface area contributed by atoms with E-state index in [1.165, 1.54) is 0 Å². The first-order valence-electron chi connectivity index (χ1n) is 3.91. The number of hydrogen-bond donors (Lipinski definition) is 0. The minimum atomic E-state index is -6.92. The highest BCUT2D eigenvalue weighted by molar-refractivity contribution is 5.75. The van der Waals surface area contributed by atoms with E-state index in [0.717, 1.165) is 0 Å². The molecule has 0 aromatic carbocycles. The van der Waals surface area contributed by atoms with Gasteiger partial charge in [-0.2, -0.15) is 43.9 Å². The molecule has 0 radical (unpaired) electrons. The third kappa shape index (κ3) is 1.94. The molecule has 112 valence electrons. The van der Waals surface area contributed by atoms with Gasteiger partial charge < -0.3 is 0 Å². The number of alkyl halides is 9. The molecule has 1 saturated heterocycles. The SMILES string of the molecule is O=C(F)C1(F)OC(F)(F)C(F)(F)C(F)(C(F)(F)F)O1. The van der Waals surface area contributed by atoms with Crippen LogP contribution in [0.5, 0.6) is 0 Å². The Labute approximate surface area is 95.6 Å². The van der Waals surface area contributed by atoms with Crippen LogP contribution in [0.2, 0.25) is 0 Å². The van der Waals surface area contributed by atoms with E-state index in [2.05, 4.69) is 9.47 Å². The number of hydrogen-bond acceptors (Lipinski definition) is 3. The number of halogens is 10. The smallest absolute Gasteiger partial charge is 0.264 e. The molecule has 13 heteroatoms. The Morgan fingerprint density at radius 3 is 1.63 bits per heavy atom. The summed E-state index contributed by atoms with van der Waals surface area (Å²) in [7, 11) is 0. The number of carbonyl (C=O) groups is 1. The normalized spacial score (nSPS) is 38.0. The summed E-state index contributed by atoms with van der Waals surface area (Å²) >= 11 is 0. The topological polar surface area (TPSA) is 35.5 Å². The predicted octanol–water partition coefficient (Wildman–Crippen LogP) is 2.61. The summed E-state index contributed by atoms with van der Waals surface area (Å²) in [5.74, 6) is -13.5. The van der Waals surface area contributed by atoms with E-state index in [-0.39, 0.29) is 0 Å². The maximum absolute atomic E-state index is 13.0. The summed E-state index contributed by atoms with van der Waals surface area (Å²) in [5, 5.41) is 0. The van der Waals surface area contributed by atoms with Crippen molar-refractivity contribution < 1.29 is 58.2 Å². The number of rotatable bonds is 1. The largest absolute Gasteiger partial charge is 0.455 e. The molecule has 0 aliphatic carbocycles. The molecule has 3 nitrogen and oxygen atoms in total. The Bertz CT molecular complexity index is 405. The summed E-state index contributed by atoms with van der Waals surface area (Å²) in [4.78, 5) is 9.83. The zero-order chi connectivity index (χ0) is 15.5. The van der Waals surface area contributed by atoms with E-state index < -0.39 is 36.1 Å². The molecule has 0 aromatic heterocycles. The van der Waals surface area contributed by atoms with Gasteiger partial charge in [0, 0.05) is 0 Å². The molecule has 1 rings (SSSR count). The molecular weight excluding hydrogens is 310 g/mol. The minimum absolute atomic E-state index is 2.19. The standard InChI is InChI=1S/C6F10O3/c7-1(17)2(8)18-4(11,5(12,13)14)3(9,10)6(15,16)19-2. The molecule has 0 amide bonds. The summed E-state index contributed by atoms with van der Waals surface area (Å²) in [6, 6.07) is -9.48. The van der Waals surface area contributed by atoms with Crippen LogP contribution in [-0.2, 0) is 14.3 Å². The lowest BCUT2D eigenvalue weighted by Crippen LogP contribution is -2.74. The van der Waals surface area contributed by atoms with Crippen molar-refractivity contribution >= 4 is 6.04 Å². The van der Waals surface area contributed by atoms with Crippen LogP contribution >= 0.6 is 0 Å². The molecule has 0 spiro atoms. The molecule has 1 aliphatic rings. The average molecular weight is 310 g/mol. The van der Waals surface area contributed by atoms with E-state index in [0.29, 0.717) is 0 Å². The van der Waals surface area contributed by atoms with Crippen LogP contribution in [0.4, 0.5) is 43.9 Å². The fourth-order valence-corrected chi connectivity index (χ4v) is 0.998. The predicted molar refractivity (Wildman–Crippen MR) is 31.9 cm³/mol. The van der Waals surface area contributed by atoms with Crippen LogP contribution in [0.15, 0.2) is 0 Å². The van der Waals surface area contributed by atoms with Gasteiger partial charge in [0.1, 0.15) is 0 Å². The molecule has 0 bridgehead atoms. The lowest BCUT2D eigenvalue weighted by molar-refractivity contribution is -0.581. The van der Waals surface area contributed by atoms with Gasteiger partial charge in [-0.15, -0.1) is 0 Å². The lowest BCUT2D eigenvalue weighted by Gasteiger charge is -2.45. The third-order valence-corrected chi connectivity index (χ3v) is 1.90. The van der Waals surface area contributed by atoms with Crippen LogP contribution in [0.25, 0.3) is 0 Å². The summed E-state index contributed by atoms with van der Waals surface area (Å²) in [6.07, 6.45) is -13.4. The van der Waals surface area contributed by atoms with Crippen LogP contribution in [0.1, 0.15) is 0 Å². The van der Waals surface area contributed by atoms with E-state index in [9.17, 15) is 48.7 Å². The first-order valence-corrected chi connectivity index (χ1v) is 3.91. The Morgan fingerprint density at radius 2 is 1.32 bits per heavy atom. The van der Waals surface area contributed by atoms with Crippen LogP contribution in [0, 0.1) is 0 Å². The maximum Gasteiger partial charge on any atom is 0.455 e. The molecule has 1 heterocycles. The van der Waals surface area contributed by atoms with Gasteiger partial charge in [0.2, 0.25) is 0 Å². The van der Waals surface area contributed by atoms with Gasteiger partial charge >= 0.3 is 36.1 Å². The highest BCUT2D eigenvalue weighted by Crippen LogP contribution is 2.59. The van der Waals surface area contributed by atoms with Crippen molar-refractivity contribution in [2.75, 3.05) is 0 Å². The van der Waals surface area contributed by atoms with Gasteiger partial charge in [-0.25, -0.2) is 4.74 Å². The molecule has 0 saturated carbocycles. The highest BCUT2D eigenvalue weighted by Gasteiger charge is 2.89. The molecule has 2 unspecified atom stereocenters. The van der Waals surface area contributed by atoms with Gasteiger partial charge in [0.25, 0.3) is 0 Å². The van der Waals surface area contributed by atoms with Gasteiger partial charge in [0.05, 0.1) is 0 Å². The van der Waals surface area contributed by atoms with E-state index >= 15 is 0 Å². The van der Waals surface area contributed by atoms with Crippen molar-refractivity contribution in [3.05, 3.63) is 0 Å². The van der Waals surface area contributed by atoms with Crippen LogP contribution in [0.3, 0.4) is 0 Å². The second kappa shape index (κ2) is 3.71. The summed E-state index contributed by atoms with van der Waals surface area (Å²) in [6.45, 7) is 0. The number of ether oxygens (including phenoxy) is 2. The van der Waals surface area contributed by atoms with E-state index in [1.54, 1.807) is 0 Å². The fraction of sp³-hybridized carbons (Fsp3) is 0.833. The van der Waals surface area contributed by atoms with Crippen molar-refractivity contribution in [3.63, 3.8) is 0 Å². The Kier molecular flexibility index (Phi) is 3.12. The molecule has 1 fully saturated rings. The highest BCUT2D eigenvalue weighted by atomic mass is 19.4. The Balaban J connectivity index is 3.48. The number of carbonyl (C=O) groups excluding carboxylic acids is 1. The van der Waals surface area contributed by atoms with Crippen molar-refractivity contribution in [3.8, 4) is 0 Å². The minimum Gasteiger partial charge on any atom is -0.264 e. The quantitative estimate of drug-likeness (QED) is 0.552. The summed E-state index contributed by atoms with van der Waals surface area (Å²) in [5.41, 5.74) is 0. The molecule has 0 aromatic rings. The van der Waals surface area contributed by atoms with Crippen molar-refractivity contribution in [2.24, 2.45) is 0 Å². The first kappa shape index (κ1) is 15.9. The second-order valence-electron chi connectivity index (χ2n) is 3.20.